The number of nitrogens with one attached hydrogen (secondary N) is 2. The summed E-state index contributed by atoms with van der Waals surface area (Å²) >= 11 is 0. The van der Waals surface area contributed by atoms with E-state index in [0.29, 0.717) is 46.2 Å². The van der Waals surface area contributed by atoms with E-state index in [2.05, 4.69) is 10.2 Å². The van der Waals surface area contributed by atoms with Crippen LogP contribution in [0.25, 0.3) is 22.1 Å². The summed E-state index contributed by atoms with van der Waals surface area (Å²) in [5.74, 6) is -0.135. The third-order valence-electron chi connectivity index (χ3n) is 8.30. The molecule has 0 radical (unpaired) electrons. The molecule has 7 rings (SSSR count). The number of ether oxygens (including phenoxy) is 1. The first-order valence-corrected chi connectivity index (χ1v) is 14.9. The van der Waals surface area contributed by atoms with Crippen molar-refractivity contribution in [2.24, 2.45) is 0 Å². The Balaban J connectivity index is 1.52. The highest BCUT2D eigenvalue weighted by Gasteiger charge is 2.34. The molecule has 45 heavy (non-hydrogen) atoms. The third kappa shape index (κ3) is 5.08. The van der Waals surface area contributed by atoms with E-state index in [1.807, 2.05) is 141 Å². The third-order valence-corrected chi connectivity index (χ3v) is 8.30. The minimum atomic E-state index is -0.746. The predicted octanol–water partition coefficient (Wildman–Crippen LogP) is 7.17. The molecule has 0 saturated heterocycles. The molecule has 5 aromatic carbocycles. The van der Waals surface area contributed by atoms with Crippen LogP contribution in [0, 0.1) is 13.8 Å². The number of nitrogens with zero attached hydrogens (tertiary/aromatic N) is 2. The smallest absolute Gasteiger partial charge is 0.275 e. The quantitative estimate of drug-likeness (QED) is 0.196. The van der Waals surface area contributed by atoms with Gasteiger partial charge in [0.25, 0.3) is 11.1 Å². The van der Waals surface area contributed by atoms with Crippen molar-refractivity contribution in [2.45, 2.75) is 26.4 Å². The van der Waals surface area contributed by atoms with E-state index in [1.54, 1.807) is 9.36 Å². The molecule has 0 aliphatic rings. The van der Waals surface area contributed by atoms with Crippen molar-refractivity contribution in [3.63, 3.8) is 0 Å². The van der Waals surface area contributed by atoms with Gasteiger partial charge in [-0.3, -0.25) is 19.8 Å². The van der Waals surface area contributed by atoms with Gasteiger partial charge < -0.3 is 4.74 Å². The molecule has 0 atom stereocenters. The second kappa shape index (κ2) is 11.7. The number of fused-ring (bicyclic) bond motifs is 1. The maximum atomic E-state index is 14.5. The largest absolute Gasteiger partial charge is 0.489 e. The van der Waals surface area contributed by atoms with Crippen LogP contribution >= 0.6 is 0 Å². The average Bonchev–Trinajstić information content (AvgIpc) is 3.55. The molecule has 0 aliphatic heterocycles. The van der Waals surface area contributed by atoms with Gasteiger partial charge in [-0.25, -0.2) is 9.36 Å². The maximum Gasteiger partial charge on any atom is 0.275 e. The monoisotopic (exact) mass is 592 g/mol. The second-order valence-electron chi connectivity index (χ2n) is 11.2. The van der Waals surface area contributed by atoms with Gasteiger partial charge in [0.15, 0.2) is 0 Å². The van der Waals surface area contributed by atoms with Gasteiger partial charge in [0.1, 0.15) is 12.4 Å². The summed E-state index contributed by atoms with van der Waals surface area (Å²) in [5.41, 5.74) is 5.06. The van der Waals surface area contributed by atoms with Crippen LogP contribution in [-0.2, 0) is 6.61 Å². The summed E-state index contributed by atoms with van der Waals surface area (Å²) in [5, 5.41) is 8.48. The van der Waals surface area contributed by atoms with Crippen molar-refractivity contribution in [1.82, 2.24) is 19.6 Å². The van der Waals surface area contributed by atoms with Gasteiger partial charge in [-0.1, -0.05) is 97.1 Å². The van der Waals surface area contributed by atoms with Crippen molar-refractivity contribution in [1.29, 1.82) is 0 Å². The van der Waals surface area contributed by atoms with Crippen LogP contribution in [0.15, 0.2) is 137 Å². The molecule has 7 heteroatoms. The number of hydrogen-bond acceptors (Lipinski definition) is 3. The molecule has 0 amide bonds. The van der Waals surface area contributed by atoms with Gasteiger partial charge in [-0.2, -0.15) is 0 Å². The molecule has 0 saturated carbocycles. The van der Waals surface area contributed by atoms with Gasteiger partial charge >= 0.3 is 0 Å². The van der Waals surface area contributed by atoms with Gasteiger partial charge in [0.05, 0.1) is 28.4 Å². The van der Waals surface area contributed by atoms with E-state index in [9.17, 15) is 9.59 Å². The van der Waals surface area contributed by atoms with Crippen LogP contribution < -0.4 is 15.9 Å². The maximum absolute atomic E-state index is 14.5. The van der Waals surface area contributed by atoms with Crippen molar-refractivity contribution < 1.29 is 4.74 Å². The van der Waals surface area contributed by atoms with E-state index < -0.39 is 5.92 Å². The molecule has 0 bridgehead atoms. The predicted molar refractivity (Wildman–Crippen MR) is 178 cm³/mol. The standard InChI is InChI=1S/C38H32N4O3/c1-25-33(37(43)41(39-25)29-17-8-4-9-18-29)36(34-26(2)40-42(38(34)44)30-19-10-5-11-20-30)35-31-21-13-12-16-28(31)22-23-32(35)45-24-27-14-6-3-7-15-27/h3-23,36,39-40H,24H2,1-2H3. The zero-order valence-corrected chi connectivity index (χ0v) is 25.0. The first-order chi connectivity index (χ1) is 22.0. The van der Waals surface area contributed by atoms with E-state index >= 15 is 0 Å². The first-order valence-electron chi connectivity index (χ1n) is 14.9. The Kier molecular flexibility index (Phi) is 7.27. The minimum absolute atomic E-state index is 0.225. The Morgan fingerprint density at radius 3 is 1.62 bits per heavy atom. The van der Waals surface area contributed by atoms with Crippen molar-refractivity contribution in [3.8, 4) is 17.1 Å². The number of hydrogen-bond donors (Lipinski definition) is 2. The highest BCUT2D eigenvalue weighted by Crippen LogP contribution is 2.42. The van der Waals surface area contributed by atoms with E-state index in [1.165, 1.54) is 0 Å². The lowest BCUT2D eigenvalue weighted by atomic mass is 9.82. The summed E-state index contributed by atoms with van der Waals surface area (Å²) in [6, 6.07) is 40.9. The molecule has 2 N–H and O–H groups in total. The summed E-state index contributed by atoms with van der Waals surface area (Å²) in [4.78, 5) is 29.0. The number of aromatic nitrogens is 4. The number of rotatable bonds is 8. The summed E-state index contributed by atoms with van der Waals surface area (Å²) in [7, 11) is 0. The zero-order valence-electron chi connectivity index (χ0n) is 25.0. The molecule has 0 fully saturated rings. The lowest BCUT2D eigenvalue weighted by Gasteiger charge is -2.22. The molecule has 2 heterocycles. The molecule has 2 aromatic heterocycles. The highest BCUT2D eigenvalue weighted by atomic mass is 16.5. The Bertz CT molecular complexity index is 2130. The van der Waals surface area contributed by atoms with Crippen LogP contribution in [-0.4, -0.2) is 19.6 Å². The normalized spacial score (nSPS) is 11.4. The lowest BCUT2D eigenvalue weighted by Crippen LogP contribution is -2.26. The molecule has 7 nitrogen and oxygen atoms in total. The van der Waals surface area contributed by atoms with Gasteiger partial charge in [-0.05, 0) is 60.5 Å². The molecule has 0 spiro atoms. The fourth-order valence-corrected chi connectivity index (χ4v) is 6.18. The molecule has 7 aromatic rings. The Morgan fingerprint density at radius 2 is 1.07 bits per heavy atom. The number of benzene rings is 5. The SMILES string of the molecule is Cc1[nH]n(-c2ccccc2)c(=O)c1C(c1c(C)[nH]n(-c2ccccc2)c1=O)c1c(OCc2ccccc2)ccc2ccccc12. The van der Waals surface area contributed by atoms with Crippen LogP contribution in [0.5, 0.6) is 5.75 Å². The lowest BCUT2D eigenvalue weighted by molar-refractivity contribution is 0.303. The number of aromatic amines is 2. The van der Waals surface area contributed by atoms with Gasteiger partial charge in [0.2, 0.25) is 0 Å². The Labute approximate surface area is 260 Å². The number of aryl methyl sites for hydroxylation is 2. The Hall–Kier alpha value is -5.82. The van der Waals surface area contributed by atoms with Gasteiger partial charge in [0, 0.05) is 17.0 Å². The van der Waals surface area contributed by atoms with Gasteiger partial charge in [-0.15, -0.1) is 0 Å². The molecule has 222 valence electrons. The fourth-order valence-electron chi connectivity index (χ4n) is 6.18. The van der Waals surface area contributed by atoms with Crippen molar-refractivity contribution >= 4 is 10.8 Å². The average molecular weight is 593 g/mol. The highest BCUT2D eigenvalue weighted by molar-refractivity contribution is 5.89. The fraction of sp³-hybridized carbons (Fsp3) is 0.105. The molecular formula is C38H32N4O3. The molecule has 0 unspecified atom stereocenters. The van der Waals surface area contributed by atoms with E-state index in [-0.39, 0.29) is 11.1 Å². The minimum Gasteiger partial charge on any atom is -0.489 e. The summed E-state index contributed by atoms with van der Waals surface area (Å²) in [6.45, 7) is 4.10. The number of para-hydroxylation sites is 2. The van der Waals surface area contributed by atoms with Crippen LogP contribution in [0.3, 0.4) is 0 Å². The van der Waals surface area contributed by atoms with Crippen molar-refractivity contribution in [2.75, 3.05) is 0 Å². The topological polar surface area (TPSA) is 84.8 Å². The summed E-state index contributed by atoms with van der Waals surface area (Å²) in [6.07, 6.45) is 0. The number of H-pyrrole nitrogens is 2. The van der Waals surface area contributed by atoms with Crippen LogP contribution in [0.4, 0.5) is 0 Å². The zero-order chi connectivity index (χ0) is 30.9. The summed E-state index contributed by atoms with van der Waals surface area (Å²) < 4.78 is 9.65. The second-order valence-corrected chi connectivity index (χ2v) is 11.2. The van der Waals surface area contributed by atoms with E-state index in [0.717, 1.165) is 21.9 Å². The van der Waals surface area contributed by atoms with Crippen molar-refractivity contribution in [3.05, 3.63) is 182 Å². The van der Waals surface area contributed by atoms with Crippen LogP contribution in [0.2, 0.25) is 0 Å². The molecular weight excluding hydrogens is 560 g/mol. The molecule has 0 aliphatic carbocycles. The first kappa shape index (κ1) is 28.0. The van der Waals surface area contributed by atoms with Crippen LogP contribution in [0.1, 0.15) is 39.6 Å². The van der Waals surface area contributed by atoms with E-state index in [4.69, 9.17) is 4.74 Å². The Morgan fingerprint density at radius 1 is 0.578 bits per heavy atom.